The van der Waals surface area contributed by atoms with Crippen molar-refractivity contribution >= 4 is 0 Å². The lowest BCUT2D eigenvalue weighted by Gasteiger charge is -2.33. The van der Waals surface area contributed by atoms with Gasteiger partial charge in [0.25, 0.3) is 0 Å². The number of nitrogens with zero attached hydrogens (tertiary/aromatic N) is 1. The van der Waals surface area contributed by atoms with Crippen LogP contribution in [0.4, 0.5) is 0 Å². The largest absolute Gasteiger partial charge is 0.369 e. The molecule has 0 rings (SSSR count). The molecule has 0 fully saturated rings. The minimum Gasteiger partial charge on any atom is -0.369 e. The molecule has 0 aromatic heterocycles. The van der Waals surface area contributed by atoms with E-state index in [0.717, 1.165) is 18.7 Å². The fourth-order valence-electron chi connectivity index (χ4n) is 2.44. The van der Waals surface area contributed by atoms with Crippen LogP contribution in [0.25, 0.3) is 0 Å². The lowest BCUT2D eigenvalue weighted by molar-refractivity contribution is 0.240. The molecule has 0 aromatic carbocycles. The van der Waals surface area contributed by atoms with Crippen molar-refractivity contribution in [2.75, 3.05) is 6.54 Å². The van der Waals surface area contributed by atoms with Crippen LogP contribution in [0, 0.1) is 0 Å². The molecule has 1 heteroatoms. The molecule has 0 radical (unpaired) electrons. The Hall–Kier alpha value is -1.24. The van der Waals surface area contributed by atoms with Gasteiger partial charge in [-0.1, -0.05) is 64.0 Å². The smallest absolute Gasteiger partial charge is 0.0295 e. The van der Waals surface area contributed by atoms with Crippen LogP contribution in [0.1, 0.15) is 59.3 Å². The van der Waals surface area contributed by atoms with E-state index in [1.807, 2.05) is 6.08 Å². The summed E-state index contributed by atoms with van der Waals surface area (Å²) in [5.74, 6) is 0. The highest BCUT2D eigenvalue weighted by Gasteiger charge is 2.15. The molecule has 0 aliphatic heterocycles. The van der Waals surface area contributed by atoms with E-state index in [4.69, 9.17) is 0 Å². The van der Waals surface area contributed by atoms with E-state index in [1.165, 1.54) is 32.1 Å². The molecule has 0 heterocycles. The molecule has 114 valence electrons. The normalized spacial score (nSPS) is 12.9. The second-order valence-electron chi connectivity index (χ2n) is 5.17. The maximum absolute atomic E-state index is 4.24. The number of hydrogen-bond donors (Lipinski definition) is 0. The van der Waals surface area contributed by atoms with Crippen molar-refractivity contribution in [3.05, 3.63) is 49.2 Å². The molecule has 0 amide bonds. The molecule has 0 saturated carbocycles. The molecular weight excluding hydrogens is 242 g/mol. The first-order valence-corrected chi connectivity index (χ1v) is 8.10. The molecule has 1 nitrogen and oxygen atoms in total. The molecular formula is C19H33N. The van der Waals surface area contributed by atoms with Crippen molar-refractivity contribution in [2.45, 2.75) is 65.3 Å². The van der Waals surface area contributed by atoms with Gasteiger partial charge in [0, 0.05) is 18.3 Å². The van der Waals surface area contributed by atoms with Crippen molar-refractivity contribution in [3.63, 3.8) is 0 Å². The molecule has 0 saturated heterocycles. The van der Waals surface area contributed by atoms with Crippen LogP contribution < -0.4 is 0 Å². The van der Waals surface area contributed by atoms with Gasteiger partial charge in [-0.25, -0.2) is 0 Å². The molecule has 0 aromatic rings. The summed E-state index contributed by atoms with van der Waals surface area (Å²) in [6, 6.07) is 0.638. The van der Waals surface area contributed by atoms with Crippen molar-refractivity contribution in [2.24, 2.45) is 0 Å². The Bertz CT molecular complexity index is 312. The number of likely N-dealkylation sites (N-methyl/N-ethyl adjacent to an activating group) is 1. The molecule has 0 spiro atoms. The maximum Gasteiger partial charge on any atom is 0.0295 e. The summed E-state index contributed by atoms with van der Waals surface area (Å²) in [4.78, 5) is 2.46. The van der Waals surface area contributed by atoms with Crippen LogP contribution in [-0.2, 0) is 0 Å². The van der Waals surface area contributed by atoms with Gasteiger partial charge in [0.15, 0.2) is 0 Å². The number of unbranched alkanes of at least 4 members (excludes halogenated alkanes) is 1. The zero-order valence-corrected chi connectivity index (χ0v) is 13.8. The minimum absolute atomic E-state index is 0.638. The fourth-order valence-corrected chi connectivity index (χ4v) is 2.44. The van der Waals surface area contributed by atoms with Crippen LogP contribution in [0.3, 0.4) is 0 Å². The van der Waals surface area contributed by atoms with E-state index in [0.29, 0.717) is 6.04 Å². The quantitative estimate of drug-likeness (QED) is 0.318. The van der Waals surface area contributed by atoms with Gasteiger partial charge in [0.2, 0.25) is 0 Å². The van der Waals surface area contributed by atoms with Crippen molar-refractivity contribution < 1.29 is 0 Å². The predicted octanol–water partition coefficient (Wildman–Crippen LogP) is 5.87. The van der Waals surface area contributed by atoms with E-state index in [9.17, 15) is 0 Å². The first kappa shape index (κ1) is 18.8. The highest BCUT2D eigenvalue weighted by atomic mass is 15.2. The third kappa shape index (κ3) is 8.04. The second-order valence-corrected chi connectivity index (χ2v) is 5.17. The predicted molar refractivity (Wildman–Crippen MR) is 92.8 cm³/mol. The average molecular weight is 275 g/mol. The van der Waals surface area contributed by atoms with Crippen LogP contribution in [-0.4, -0.2) is 17.5 Å². The monoisotopic (exact) mass is 275 g/mol. The molecule has 0 bridgehead atoms. The summed E-state index contributed by atoms with van der Waals surface area (Å²) in [6.07, 6.45) is 17.5. The fraction of sp³-hybridized carbons (Fsp3) is 0.579. The number of hydrogen-bond acceptors (Lipinski definition) is 1. The van der Waals surface area contributed by atoms with Crippen molar-refractivity contribution in [1.29, 1.82) is 0 Å². The zero-order valence-electron chi connectivity index (χ0n) is 13.8. The van der Waals surface area contributed by atoms with E-state index in [1.54, 1.807) is 0 Å². The van der Waals surface area contributed by atoms with Gasteiger partial charge in [-0.3, -0.25) is 0 Å². The van der Waals surface area contributed by atoms with E-state index >= 15 is 0 Å². The summed E-state index contributed by atoms with van der Waals surface area (Å²) in [6.45, 7) is 15.7. The topological polar surface area (TPSA) is 3.24 Å². The van der Waals surface area contributed by atoms with Gasteiger partial charge in [0.05, 0.1) is 0 Å². The number of allylic oxidation sites excluding steroid dienone is 5. The zero-order chi connectivity index (χ0) is 15.2. The summed E-state index contributed by atoms with van der Waals surface area (Å²) < 4.78 is 0. The molecule has 1 atom stereocenters. The summed E-state index contributed by atoms with van der Waals surface area (Å²) in [5, 5.41) is 0. The van der Waals surface area contributed by atoms with E-state index in [-0.39, 0.29) is 0 Å². The Balaban J connectivity index is 4.57. The first-order chi connectivity index (χ1) is 9.71. The molecule has 0 aliphatic carbocycles. The summed E-state index contributed by atoms with van der Waals surface area (Å²) >= 11 is 0. The summed E-state index contributed by atoms with van der Waals surface area (Å²) in [5.41, 5.74) is 1.13. The first-order valence-electron chi connectivity index (χ1n) is 8.10. The Morgan fingerprint density at radius 2 is 1.85 bits per heavy atom. The van der Waals surface area contributed by atoms with Gasteiger partial charge >= 0.3 is 0 Å². The highest BCUT2D eigenvalue weighted by Crippen LogP contribution is 2.19. The van der Waals surface area contributed by atoms with E-state index < -0.39 is 0 Å². The minimum atomic E-state index is 0.638. The van der Waals surface area contributed by atoms with Gasteiger partial charge < -0.3 is 4.90 Å². The number of rotatable bonds is 12. The Kier molecular flexibility index (Phi) is 12.0. The maximum atomic E-state index is 4.24. The SMILES string of the molecule is C=CC/C=C\C=C/C(=C)N(CC)C(CCC)CCCC. The average Bonchev–Trinajstić information content (AvgIpc) is 2.45. The van der Waals surface area contributed by atoms with Crippen molar-refractivity contribution in [3.8, 4) is 0 Å². The van der Waals surface area contributed by atoms with Gasteiger partial charge in [0.1, 0.15) is 0 Å². The molecule has 0 aliphatic rings. The van der Waals surface area contributed by atoms with E-state index in [2.05, 4.69) is 63.1 Å². The lowest BCUT2D eigenvalue weighted by atomic mass is 10.0. The standard InChI is InChI=1S/C19H33N/c1-6-10-12-13-14-16-18(5)20(9-4)19(15-8-3)17-11-7-2/h6,12-14,16,19H,1,5,7-11,15,17H2,2-4H3/b13-12-,16-14-. The van der Waals surface area contributed by atoms with Gasteiger partial charge in [-0.05, 0) is 32.3 Å². The van der Waals surface area contributed by atoms with Crippen LogP contribution in [0.5, 0.6) is 0 Å². The van der Waals surface area contributed by atoms with Crippen LogP contribution in [0.15, 0.2) is 49.2 Å². The molecule has 20 heavy (non-hydrogen) atoms. The second kappa shape index (κ2) is 12.8. The lowest BCUT2D eigenvalue weighted by Crippen LogP contribution is -2.33. The van der Waals surface area contributed by atoms with Crippen molar-refractivity contribution in [1.82, 2.24) is 4.90 Å². The molecule has 0 N–H and O–H groups in total. The molecule has 1 unspecified atom stereocenters. The summed E-state index contributed by atoms with van der Waals surface area (Å²) in [7, 11) is 0. The van der Waals surface area contributed by atoms with Crippen LogP contribution in [0.2, 0.25) is 0 Å². The van der Waals surface area contributed by atoms with Crippen LogP contribution >= 0.6 is 0 Å². The highest BCUT2D eigenvalue weighted by molar-refractivity contribution is 5.19. The third-order valence-corrected chi connectivity index (χ3v) is 3.50. The Labute approximate surface area is 126 Å². The Morgan fingerprint density at radius 3 is 2.40 bits per heavy atom. The van der Waals surface area contributed by atoms with Gasteiger partial charge in [-0.2, -0.15) is 0 Å². The van der Waals surface area contributed by atoms with Gasteiger partial charge in [-0.15, -0.1) is 6.58 Å². The third-order valence-electron chi connectivity index (χ3n) is 3.50. The Morgan fingerprint density at radius 1 is 1.10 bits per heavy atom.